The SMILES string of the molecule is CSc1ccc(C(=O)NNC(=O)c2ccc([N+](=O)[O-])cc2)cc1. The van der Waals surface area contributed by atoms with Crippen LogP contribution in [0.5, 0.6) is 0 Å². The molecular weight excluding hydrogens is 318 g/mol. The summed E-state index contributed by atoms with van der Waals surface area (Å²) >= 11 is 1.56. The summed E-state index contributed by atoms with van der Waals surface area (Å²) in [5.74, 6) is -1.01. The van der Waals surface area contributed by atoms with Gasteiger partial charge in [0.2, 0.25) is 0 Å². The van der Waals surface area contributed by atoms with E-state index in [0.29, 0.717) is 5.56 Å². The van der Waals surface area contributed by atoms with Crippen LogP contribution in [0, 0.1) is 10.1 Å². The van der Waals surface area contributed by atoms with Gasteiger partial charge in [-0.3, -0.25) is 30.6 Å². The maximum Gasteiger partial charge on any atom is 0.269 e. The van der Waals surface area contributed by atoms with Gasteiger partial charge in [0, 0.05) is 28.2 Å². The minimum Gasteiger partial charge on any atom is -0.267 e. The van der Waals surface area contributed by atoms with Gasteiger partial charge in [0.05, 0.1) is 4.92 Å². The quantitative estimate of drug-likeness (QED) is 0.509. The summed E-state index contributed by atoms with van der Waals surface area (Å²) in [5, 5.41) is 10.5. The molecule has 0 saturated carbocycles. The van der Waals surface area contributed by atoms with Crippen molar-refractivity contribution in [1.29, 1.82) is 0 Å². The fourth-order valence-corrected chi connectivity index (χ4v) is 2.14. The number of hydrogen-bond acceptors (Lipinski definition) is 5. The molecule has 2 rings (SSSR count). The van der Waals surface area contributed by atoms with Crippen LogP contribution in [-0.2, 0) is 0 Å². The van der Waals surface area contributed by atoms with Crippen LogP contribution in [0.15, 0.2) is 53.4 Å². The first-order valence-electron chi connectivity index (χ1n) is 6.50. The van der Waals surface area contributed by atoms with Crippen molar-refractivity contribution >= 4 is 29.3 Å². The van der Waals surface area contributed by atoms with E-state index >= 15 is 0 Å². The molecule has 0 bridgehead atoms. The lowest BCUT2D eigenvalue weighted by atomic mass is 10.2. The zero-order valence-electron chi connectivity index (χ0n) is 12.1. The van der Waals surface area contributed by atoms with Gasteiger partial charge in [0.15, 0.2) is 0 Å². The van der Waals surface area contributed by atoms with Gasteiger partial charge >= 0.3 is 0 Å². The molecule has 23 heavy (non-hydrogen) atoms. The largest absolute Gasteiger partial charge is 0.269 e. The molecule has 118 valence electrons. The number of nitrogens with one attached hydrogen (secondary N) is 2. The van der Waals surface area contributed by atoms with Gasteiger partial charge < -0.3 is 0 Å². The molecule has 0 aliphatic heterocycles. The summed E-state index contributed by atoms with van der Waals surface area (Å²) in [7, 11) is 0. The number of nitrogens with zero attached hydrogens (tertiary/aromatic N) is 1. The molecule has 2 aromatic rings. The van der Waals surface area contributed by atoms with Gasteiger partial charge in [-0.1, -0.05) is 0 Å². The number of nitro groups is 1. The standard InChI is InChI=1S/C15H13N3O4S/c1-23-13-8-4-11(5-9-13)15(20)17-16-14(19)10-2-6-12(7-3-10)18(21)22/h2-9H,1H3,(H,16,19)(H,17,20). The molecule has 0 unspecified atom stereocenters. The van der Waals surface area contributed by atoms with Crippen molar-refractivity contribution in [3.05, 3.63) is 69.8 Å². The lowest BCUT2D eigenvalue weighted by Gasteiger charge is -2.07. The predicted octanol–water partition coefficient (Wildman–Crippen LogP) is 2.39. The minimum absolute atomic E-state index is 0.112. The number of rotatable bonds is 4. The molecule has 0 radical (unpaired) electrons. The molecule has 2 amide bonds. The van der Waals surface area contributed by atoms with Gasteiger partial charge in [-0.2, -0.15) is 0 Å². The van der Waals surface area contributed by atoms with E-state index in [1.165, 1.54) is 24.3 Å². The number of thioether (sulfide) groups is 1. The van der Waals surface area contributed by atoms with Crippen LogP contribution in [0.25, 0.3) is 0 Å². The fraction of sp³-hybridized carbons (Fsp3) is 0.0667. The number of nitro benzene ring substituents is 1. The van der Waals surface area contributed by atoms with E-state index in [0.717, 1.165) is 4.90 Å². The van der Waals surface area contributed by atoms with E-state index in [1.807, 2.05) is 6.26 Å². The third kappa shape index (κ3) is 4.30. The van der Waals surface area contributed by atoms with Crippen molar-refractivity contribution in [1.82, 2.24) is 10.9 Å². The number of hydrogen-bond donors (Lipinski definition) is 2. The average Bonchev–Trinajstić information content (AvgIpc) is 2.59. The van der Waals surface area contributed by atoms with Crippen LogP contribution < -0.4 is 10.9 Å². The topological polar surface area (TPSA) is 101 Å². The maximum atomic E-state index is 11.9. The van der Waals surface area contributed by atoms with Crippen molar-refractivity contribution in [3.63, 3.8) is 0 Å². The van der Waals surface area contributed by atoms with E-state index in [-0.39, 0.29) is 11.3 Å². The van der Waals surface area contributed by atoms with E-state index < -0.39 is 16.7 Å². The van der Waals surface area contributed by atoms with E-state index in [2.05, 4.69) is 10.9 Å². The first-order chi connectivity index (χ1) is 11.0. The Balaban J connectivity index is 1.94. The molecule has 0 saturated heterocycles. The Morgan fingerprint density at radius 2 is 1.35 bits per heavy atom. The van der Waals surface area contributed by atoms with Gasteiger partial charge in [0.25, 0.3) is 17.5 Å². The Morgan fingerprint density at radius 3 is 1.74 bits per heavy atom. The van der Waals surface area contributed by atoms with Gasteiger partial charge in [-0.25, -0.2) is 0 Å². The summed E-state index contributed by atoms with van der Waals surface area (Å²) < 4.78 is 0. The first-order valence-corrected chi connectivity index (χ1v) is 7.73. The Labute approximate surface area is 136 Å². The second-order valence-corrected chi connectivity index (χ2v) is 5.32. The number of hydrazine groups is 1. The fourth-order valence-electron chi connectivity index (χ4n) is 1.73. The van der Waals surface area contributed by atoms with Crippen LogP contribution in [0.2, 0.25) is 0 Å². The lowest BCUT2D eigenvalue weighted by Crippen LogP contribution is -2.41. The van der Waals surface area contributed by atoms with Gasteiger partial charge in [0.1, 0.15) is 0 Å². The Morgan fingerprint density at radius 1 is 0.913 bits per heavy atom. The predicted molar refractivity (Wildman–Crippen MR) is 86.3 cm³/mol. The van der Waals surface area contributed by atoms with Crippen LogP contribution in [0.1, 0.15) is 20.7 Å². The molecule has 2 aromatic carbocycles. The molecule has 0 atom stereocenters. The molecule has 0 aliphatic carbocycles. The zero-order chi connectivity index (χ0) is 16.8. The zero-order valence-corrected chi connectivity index (χ0v) is 12.9. The minimum atomic E-state index is -0.561. The number of non-ortho nitro benzene ring substituents is 1. The third-order valence-corrected chi connectivity index (χ3v) is 3.73. The molecule has 0 fully saturated rings. The third-order valence-electron chi connectivity index (χ3n) is 2.98. The molecule has 2 N–H and O–H groups in total. The highest BCUT2D eigenvalue weighted by molar-refractivity contribution is 7.98. The van der Waals surface area contributed by atoms with E-state index in [9.17, 15) is 19.7 Å². The second kappa shape index (κ2) is 7.41. The van der Waals surface area contributed by atoms with E-state index in [1.54, 1.807) is 36.0 Å². The summed E-state index contributed by atoms with van der Waals surface area (Å²) in [6.07, 6.45) is 1.93. The molecule has 7 nitrogen and oxygen atoms in total. The molecule has 0 spiro atoms. The van der Waals surface area contributed by atoms with Crippen molar-refractivity contribution in [2.24, 2.45) is 0 Å². The highest BCUT2D eigenvalue weighted by atomic mass is 32.2. The van der Waals surface area contributed by atoms with Crippen molar-refractivity contribution in [2.45, 2.75) is 4.90 Å². The van der Waals surface area contributed by atoms with Gasteiger partial charge in [-0.15, -0.1) is 11.8 Å². The summed E-state index contributed by atoms with van der Waals surface area (Å²) in [4.78, 5) is 34.8. The normalized spacial score (nSPS) is 9.96. The average molecular weight is 331 g/mol. The van der Waals surface area contributed by atoms with Gasteiger partial charge in [-0.05, 0) is 42.7 Å². The van der Waals surface area contributed by atoms with Crippen molar-refractivity contribution < 1.29 is 14.5 Å². The second-order valence-electron chi connectivity index (χ2n) is 4.44. The number of carbonyl (C=O) groups is 2. The van der Waals surface area contributed by atoms with Crippen molar-refractivity contribution in [2.75, 3.05) is 6.26 Å². The number of amides is 2. The number of carbonyl (C=O) groups excluding carboxylic acids is 2. The van der Waals surface area contributed by atoms with Crippen LogP contribution in [0.4, 0.5) is 5.69 Å². The summed E-state index contributed by atoms with van der Waals surface area (Å²) in [6, 6.07) is 12.0. The summed E-state index contributed by atoms with van der Waals surface area (Å²) in [5.41, 5.74) is 5.05. The van der Waals surface area contributed by atoms with Crippen LogP contribution in [-0.4, -0.2) is 23.0 Å². The molecular formula is C15H13N3O4S. The molecule has 0 aromatic heterocycles. The maximum absolute atomic E-state index is 11.9. The van der Waals surface area contributed by atoms with Crippen molar-refractivity contribution in [3.8, 4) is 0 Å². The highest BCUT2D eigenvalue weighted by Crippen LogP contribution is 2.14. The lowest BCUT2D eigenvalue weighted by molar-refractivity contribution is -0.384. The summed E-state index contributed by atoms with van der Waals surface area (Å²) in [6.45, 7) is 0. The van der Waals surface area contributed by atoms with E-state index in [4.69, 9.17) is 0 Å². The number of benzene rings is 2. The molecule has 0 aliphatic rings. The first kappa shape index (κ1) is 16.5. The Bertz CT molecular complexity index is 729. The molecule has 0 heterocycles. The smallest absolute Gasteiger partial charge is 0.267 e. The Kier molecular flexibility index (Phi) is 5.32. The Hall–Kier alpha value is -2.87. The van der Waals surface area contributed by atoms with Crippen LogP contribution >= 0.6 is 11.8 Å². The van der Waals surface area contributed by atoms with Crippen LogP contribution in [0.3, 0.4) is 0 Å². The monoisotopic (exact) mass is 331 g/mol. The highest BCUT2D eigenvalue weighted by Gasteiger charge is 2.11. The molecule has 8 heteroatoms.